The maximum absolute atomic E-state index is 11.9. The van der Waals surface area contributed by atoms with Crippen molar-refractivity contribution in [3.63, 3.8) is 0 Å². The van der Waals surface area contributed by atoms with Gasteiger partial charge in [-0.25, -0.2) is 0 Å². The van der Waals surface area contributed by atoms with Gasteiger partial charge in [0.15, 0.2) is 0 Å². The molecule has 20 heavy (non-hydrogen) atoms. The third kappa shape index (κ3) is 3.79. The van der Waals surface area contributed by atoms with Crippen molar-refractivity contribution in [3.05, 3.63) is 35.4 Å². The smallest absolute Gasteiger partial charge is 0.224 e. The molecule has 0 radical (unpaired) electrons. The zero-order valence-corrected chi connectivity index (χ0v) is 11.9. The molecule has 1 heterocycles. The van der Waals surface area contributed by atoms with Crippen LogP contribution in [0.5, 0.6) is 0 Å². The molecule has 0 aromatic heterocycles. The van der Waals surface area contributed by atoms with Crippen LogP contribution in [-0.4, -0.2) is 38.4 Å². The summed E-state index contributed by atoms with van der Waals surface area (Å²) in [5.74, 6) is -0.00572. The Kier molecular flexibility index (Phi) is 5.11. The van der Waals surface area contributed by atoms with Crippen LogP contribution in [0.2, 0.25) is 0 Å². The van der Waals surface area contributed by atoms with Gasteiger partial charge in [0.05, 0.1) is 13.0 Å². The number of ether oxygens (including phenoxy) is 2. The van der Waals surface area contributed by atoms with Gasteiger partial charge in [-0.2, -0.15) is 0 Å². The molecule has 1 aromatic rings. The number of nitrogens with one attached hydrogen (secondary N) is 1. The summed E-state index contributed by atoms with van der Waals surface area (Å²) >= 11 is 0. The van der Waals surface area contributed by atoms with Crippen molar-refractivity contribution in [3.8, 4) is 0 Å². The van der Waals surface area contributed by atoms with Gasteiger partial charge in [0.25, 0.3) is 0 Å². The predicted octanol–water partition coefficient (Wildman–Crippen LogP) is 0.609. The molecule has 1 amide bonds. The zero-order chi connectivity index (χ0) is 14.4. The molecule has 2 rings (SSSR count). The number of benzene rings is 1. The fourth-order valence-electron chi connectivity index (χ4n) is 2.26. The molecule has 1 aliphatic heterocycles. The highest BCUT2D eigenvalue weighted by atomic mass is 16.5. The molecule has 1 saturated heterocycles. The Labute approximate surface area is 119 Å². The van der Waals surface area contributed by atoms with Crippen molar-refractivity contribution < 1.29 is 14.3 Å². The first-order valence-electron chi connectivity index (χ1n) is 6.85. The van der Waals surface area contributed by atoms with Crippen molar-refractivity contribution in [2.45, 2.75) is 25.0 Å². The van der Waals surface area contributed by atoms with Crippen LogP contribution in [0.15, 0.2) is 24.3 Å². The van der Waals surface area contributed by atoms with E-state index in [4.69, 9.17) is 15.2 Å². The average Bonchev–Trinajstić information content (AvgIpc) is 2.95. The number of amides is 1. The minimum absolute atomic E-state index is 0.00572. The summed E-state index contributed by atoms with van der Waals surface area (Å²) in [5, 5.41) is 2.92. The number of methoxy groups -OCH3 is 1. The van der Waals surface area contributed by atoms with Crippen molar-refractivity contribution >= 4 is 5.91 Å². The second-order valence-electron chi connectivity index (χ2n) is 5.16. The Hall–Kier alpha value is -1.43. The molecule has 1 aromatic carbocycles. The molecule has 0 saturated carbocycles. The number of rotatable bonds is 6. The van der Waals surface area contributed by atoms with Crippen LogP contribution < -0.4 is 11.1 Å². The third-order valence-electron chi connectivity index (χ3n) is 3.73. The molecule has 110 valence electrons. The highest BCUT2D eigenvalue weighted by molar-refractivity contribution is 5.78. The van der Waals surface area contributed by atoms with Crippen molar-refractivity contribution in [1.82, 2.24) is 5.32 Å². The number of hydrogen-bond acceptors (Lipinski definition) is 4. The molecule has 1 atom stereocenters. The Morgan fingerprint density at radius 3 is 2.65 bits per heavy atom. The lowest BCUT2D eigenvalue weighted by atomic mass is 10.0. The van der Waals surface area contributed by atoms with E-state index < -0.39 is 0 Å². The average molecular weight is 278 g/mol. The Morgan fingerprint density at radius 1 is 1.40 bits per heavy atom. The van der Waals surface area contributed by atoms with E-state index in [1.165, 1.54) is 0 Å². The number of carbonyl (C=O) groups excluding carboxylic acids is 1. The topological polar surface area (TPSA) is 73.6 Å². The van der Waals surface area contributed by atoms with Crippen LogP contribution in [0.1, 0.15) is 17.5 Å². The maximum Gasteiger partial charge on any atom is 0.224 e. The van der Waals surface area contributed by atoms with E-state index in [-0.39, 0.29) is 11.5 Å². The standard InChI is InChI=1S/C15H22N2O3/c1-19-15(6-7-20-11-15)10-17-14(18)8-12-2-4-13(9-16)5-3-12/h2-5H,6-11,16H2,1H3,(H,17,18). The monoisotopic (exact) mass is 278 g/mol. The van der Waals surface area contributed by atoms with Gasteiger partial charge in [-0.05, 0) is 11.1 Å². The van der Waals surface area contributed by atoms with E-state index in [1.807, 2.05) is 24.3 Å². The first-order chi connectivity index (χ1) is 9.67. The molecule has 0 aliphatic carbocycles. The number of nitrogens with two attached hydrogens (primary N) is 1. The predicted molar refractivity (Wildman–Crippen MR) is 76.2 cm³/mol. The zero-order valence-electron chi connectivity index (χ0n) is 11.9. The second-order valence-corrected chi connectivity index (χ2v) is 5.16. The highest BCUT2D eigenvalue weighted by Crippen LogP contribution is 2.21. The summed E-state index contributed by atoms with van der Waals surface area (Å²) in [4.78, 5) is 11.9. The van der Waals surface area contributed by atoms with Gasteiger partial charge in [-0.1, -0.05) is 24.3 Å². The maximum atomic E-state index is 11.9. The van der Waals surface area contributed by atoms with E-state index in [9.17, 15) is 4.79 Å². The normalized spacial score (nSPS) is 21.9. The molecule has 0 spiro atoms. The van der Waals surface area contributed by atoms with Crippen molar-refractivity contribution in [1.29, 1.82) is 0 Å². The molecule has 1 fully saturated rings. The van der Waals surface area contributed by atoms with Gasteiger partial charge in [0, 0.05) is 33.2 Å². The van der Waals surface area contributed by atoms with Gasteiger partial charge < -0.3 is 20.5 Å². The van der Waals surface area contributed by atoms with Crippen LogP contribution in [-0.2, 0) is 27.2 Å². The molecule has 3 N–H and O–H groups in total. The fraction of sp³-hybridized carbons (Fsp3) is 0.533. The summed E-state index contributed by atoms with van der Waals surface area (Å²) in [6.07, 6.45) is 1.18. The summed E-state index contributed by atoms with van der Waals surface area (Å²) in [5.41, 5.74) is 7.23. The minimum Gasteiger partial charge on any atom is -0.378 e. The van der Waals surface area contributed by atoms with Gasteiger partial charge in [0.1, 0.15) is 5.60 Å². The highest BCUT2D eigenvalue weighted by Gasteiger charge is 2.35. The Balaban J connectivity index is 1.82. The van der Waals surface area contributed by atoms with Crippen LogP contribution in [0.4, 0.5) is 0 Å². The van der Waals surface area contributed by atoms with E-state index in [2.05, 4.69) is 5.32 Å². The Bertz CT molecular complexity index is 439. The van der Waals surface area contributed by atoms with Gasteiger partial charge in [-0.3, -0.25) is 4.79 Å². The second kappa shape index (κ2) is 6.83. The first kappa shape index (κ1) is 15.0. The SMILES string of the molecule is COC1(CNC(=O)Cc2ccc(CN)cc2)CCOC1. The number of carbonyl (C=O) groups is 1. The molecule has 5 heteroatoms. The van der Waals surface area contributed by atoms with E-state index in [0.717, 1.165) is 17.5 Å². The fourth-order valence-corrected chi connectivity index (χ4v) is 2.26. The lowest BCUT2D eigenvalue weighted by Gasteiger charge is -2.25. The van der Waals surface area contributed by atoms with Crippen LogP contribution in [0.3, 0.4) is 0 Å². The van der Waals surface area contributed by atoms with Gasteiger partial charge in [-0.15, -0.1) is 0 Å². The van der Waals surface area contributed by atoms with Crippen LogP contribution in [0, 0.1) is 0 Å². The summed E-state index contributed by atoms with van der Waals surface area (Å²) < 4.78 is 10.8. The van der Waals surface area contributed by atoms with E-state index in [0.29, 0.717) is 32.7 Å². The molecular weight excluding hydrogens is 256 g/mol. The van der Waals surface area contributed by atoms with E-state index in [1.54, 1.807) is 7.11 Å². The van der Waals surface area contributed by atoms with Crippen LogP contribution >= 0.6 is 0 Å². The third-order valence-corrected chi connectivity index (χ3v) is 3.73. The summed E-state index contributed by atoms with van der Waals surface area (Å²) in [6.45, 7) is 2.23. The molecule has 1 aliphatic rings. The lowest BCUT2D eigenvalue weighted by molar-refractivity contribution is -0.122. The first-order valence-corrected chi connectivity index (χ1v) is 6.85. The lowest BCUT2D eigenvalue weighted by Crippen LogP contribution is -2.45. The molecule has 0 bridgehead atoms. The Morgan fingerprint density at radius 2 is 2.10 bits per heavy atom. The van der Waals surface area contributed by atoms with Crippen LogP contribution in [0.25, 0.3) is 0 Å². The van der Waals surface area contributed by atoms with Gasteiger partial charge >= 0.3 is 0 Å². The molecule has 5 nitrogen and oxygen atoms in total. The molecular formula is C15H22N2O3. The summed E-state index contributed by atoms with van der Waals surface area (Å²) in [7, 11) is 1.66. The largest absolute Gasteiger partial charge is 0.378 e. The number of hydrogen-bond donors (Lipinski definition) is 2. The van der Waals surface area contributed by atoms with Gasteiger partial charge in [0.2, 0.25) is 5.91 Å². The van der Waals surface area contributed by atoms with Crippen molar-refractivity contribution in [2.75, 3.05) is 26.9 Å². The van der Waals surface area contributed by atoms with Crippen molar-refractivity contribution in [2.24, 2.45) is 5.73 Å². The quantitative estimate of drug-likeness (QED) is 0.799. The minimum atomic E-state index is -0.362. The molecule has 1 unspecified atom stereocenters. The summed E-state index contributed by atoms with van der Waals surface area (Å²) in [6, 6.07) is 7.77. The van der Waals surface area contributed by atoms with E-state index >= 15 is 0 Å².